The molecule has 0 radical (unpaired) electrons. The zero-order chi connectivity index (χ0) is 29.3. The highest BCUT2D eigenvalue weighted by Crippen LogP contribution is 2.29. The summed E-state index contributed by atoms with van der Waals surface area (Å²) in [6.45, 7) is 6.22. The summed E-state index contributed by atoms with van der Waals surface area (Å²) < 4.78 is 60.1. The number of thiophene rings is 1. The number of alkyl halides is 3. The SMILES string of the molecule is CCN(Cc1ccccc1)C(=O)c1cc(NS(=O)(=O)c2cccs2)ccc1N1CCNCC1.O=C(O)C(F)(F)F. The predicted molar refractivity (Wildman–Crippen MR) is 147 cm³/mol. The topological polar surface area (TPSA) is 119 Å². The number of halogens is 3. The molecule has 3 N–H and O–H groups in total. The molecule has 1 aliphatic heterocycles. The van der Waals surface area contributed by atoms with E-state index in [2.05, 4.69) is 14.9 Å². The van der Waals surface area contributed by atoms with Gasteiger partial charge in [-0.1, -0.05) is 36.4 Å². The molecule has 4 rings (SSSR count). The fourth-order valence-electron chi connectivity index (χ4n) is 3.88. The van der Waals surface area contributed by atoms with Crippen molar-refractivity contribution in [3.63, 3.8) is 0 Å². The Bertz CT molecular complexity index is 1380. The number of amides is 1. The first-order chi connectivity index (χ1) is 18.9. The first-order valence-corrected chi connectivity index (χ1v) is 14.6. The van der Waals surface area contributed by atoms with E-state index in [1.807, 2.05) is 43.3 Å². The average Bonchev–Trinajstić information content (AvgIpc) is 3.48. The van der Waals surface area contributed by atoms with Crippen LogP contribution in [0.15, 0.2) is 70.3 Å². The van der Waals surface area contributed by atoms with Crippen LogP contribution in [-0.4, -0.2) is 69.2 Å². The van der Waals surface area contributed by atoms with Crippen LogP contribution in [0.4, 0.5) is 24.5 Å². The van der Waals surface area contributed by atoms with Crippen molar-refractivity contribution in [3.05, 3.63) is 77.2 Å². The van der Waals surface area contributed by atoms with Crippen LogP contribution in [-0.2, 0) is 21.4 Å². The molecule has 0 spiro atoms. The van der Waals surface area contributed by atoms with Crippen LogP contribution in [0, 0.1) is 0 Å². The number of carbonyl (C=O) groups excluding carboxylic acids is 1. The molecular weight excluding hydrogens is 569 g/mol. The molecule has 1 aliphatic rings. The van der Waals surface area contributed by atoms with Gasteiger partial charge >= 0.3 is 12.1 Å². The number of nitrogens with zero attached hydrogens (tertiary/aromatic N) is 2. The molecule has 1 aromatic heterocycles. The van der Waals surface area contributed by atoms with Gasteiger partial charge in [0.15, 0.2) is 0 Å². The third-order valence-corrected chi connectivity index (χ3v) is 8.60. The minimum Gasteiger partial charge on any atom is -0.475 e. The molecule has 2 heterocycles. The Morgan fingerprint density at radius 2 is 1.73 bits per heavy atom. The highest BCUT2D eigenvalue weighted by Gasteiger charge is 2.38. The first-order valence-electron chi connectivity index (χ1n) is 12.2. The number of benzene rings is 2. The summed E-state index contributed by atoms with van der Waals surface area (Å²) in [5.41, 5.74) is 2.75. The molecule has 1 amide bonds. The zero-order valence-electron chi connectivity index (χ0n) is 21.5. The molecule has 216 valence electrons. The van der Waals surface area contributed by atoms with E-state index in [0.29, 0.717) is 24.3 Å². The molecule has 0 atom stereocenters. The minimum absolute atomic E-state index is 0.118. The van der Waals surface area contributed by atoms with E-state index in [-0.39, 0.29) is 10.1 Å². The minimum atomic E-state index is -5.08. The maximum absolute atomic E-state index is 13.7. The van der Waals surface area contributed by atoms with Gasteiger partial charge < -0.3 is 20.2 Å². The number of sulfonamides is 1. The van der Waals surface area contributed by atoms with E-state index in [1.54, 1.807) is 34.5 Å². The third kappa shape index (κ3) is 8.44. The number of carboxylic acids is 1. The lowest BCUT2D eigenvalue weighted by atomic mass is 10.1. The Hall–Kier alpha value is -3.62. The van der Waals surface area contributed by atoms with Crippen molar-refractivity contribution < 1.29 is 36.3 Å². The lowest BCUT2D eigenvalue weighted by Gasteiger charge is -2.32. The molecule has 0 saturated carbocycles. The van der Waals surface area contributed by atoms with Crippen LogP contribution >= 0.6 is 11.3 Å². The highest BCUT2D eigenvalue weighted by molar-refractivity contribution is 7.94. The molecule has 9 nitrogen and oxygen atoms in total. The second-order valence-electron chi connectivity index (χ2n) is 8.61. The summed E-state index contributed by atoms with van der Waals surface area (Å²) in [5.74, 6) is -2.88. The molecule has 14 heteroatoms. The normalized spacial score (nSPS) is 13.7. The van der Waals surface area contributed by atoms with Crippen molar-refractivity contribution in [2.24, 2.45) is 0 Å². The molecule has 1 saturated heterocycles. The van der Waals surface area contributed by atoms with Gasteiger partial charge in [-0.2, -0.15) is 13.2 Å². The van der Waals surface area contributed by atoms with Crippen molar-refractivity contribution in [2.75, 3.05) is 42.3 Å². The Labute approximate surface area is 234 Å². The van der Waals surface area contributed by atoms with Crippen molar-refractivity contribution >= 4 is 44.6 Å². The molecule has 0 aliphatic carbocycles. The van der Waals surface area contributed by atoms with Crippen molar-refractivity contribution in [2.45, 2.75) is 23.9 Å². The van der Waals surface area contributed by atoms with Gasteiger partial charge in [-0.15, -0.1) is 11.3 Å². The maximum atomic E-state index is 13.7. The summed E-state index contributed by atoms with van der Waals surface area (Å²) in [6, 6.07) is 18.4. The number of hydrogen-bond acceptors (Lipinski definition) is 7. The van der Waals surface area contributed by atoms with Gasteiger partial charge in [0.25, 0.3) is 15.9 Å². The van der Waals surface area contributed by atoms with Gasteiger partial charge in [0, 0.05) is 50.6 Å². The van der Waals surface area contributed by atoms with Gasteiger partial charge in [0.05, 0.1) is 5.56 Å². The second kappa shape index (κ2) is 13.6. The number of aliphatic carboxylic acids is 1. The van der Waals surface area contributed by atoms with Crippen molar-refractivity contribution in [1.82, 2.24) is 10.2 Å². The Morgan fingerprint density at radius 1 is 1.07 bits per heavy atom. The van der Waals surface area contributed by atoms with Gasteiger partial charge in [-0.3, -0.25) is 9.52 Å². The van der Waals surface area contributed by atoms with Gasteiger partial charge in [0.1, 0.15) is 4.21 Å². The lowest BCUT2D eigenvalue weighted by molar-refractivity contribution is -0.192. The molecule has 3 aromatic rings. The second-order valence-corrected chi connectivity index (χ2v) is 11.5. The molecule has 0 bridgehead atoms. The van der Waals surface area contributed by atoms with E-state index in [9.17, 15) is 26.4 Å². The van der Waals surface area contributed by atoms with Crippen LogP contribution in [0.25, 0.3) is 0 Å². The van der Waals surface area contributed by atoms with E-state index >= 15 is 0 Å². The smallest absolute Gasteiger partial charge is 0.475 e. The summed E-state index contributed by atoms with van der Waals surface area (Å²) in [7, 11) is -3.70. The standard InChI is InChI=1S/C24H28N4O3S2.C2HF3O2/c1-2-27(18-19-7-4-3-5-8-19)24(29)21-17-20(26-33(30,31)23-9-6-16-32-23)10-11-22(21)28-14-12-25-13-15-28;3-2(4,5)1(6)7/h3-11,16-17,25-26H,2,12-15,18H2,1H3;(H,6,7). The number of nitrogens with one attached hydrogen (secondary N) is 2. The predicted octanol–water partition coefficient (Wildman–Crippen LogP) is 4.25. The van der Waals surface area contributed by atoms with Crippen LogP contribution in [0.5, 0.6) is 0 Å². The van der Waals surface area contributed by atoms with Crippen molar-refractivity contribution in [1.29, 1.82) is 0 Å². The number of carboxylic acid groups (broad SMARTS) is 1. The number of hydrogen-bond donors (Lipinski definition) is 3. The first kappa shape index (κ1) is 30.9. The summed E-state index contributed by atoms with van der Waals surface area (Å²) >= 11 is 1.15. The zero-order valence-corrected chi connectivity index (χ0v) is 23.2. The summed E-state index contributed by atoms with van der Waals surface area (Å²) in [6.07, 6.45) is -5.08. The molecule has 2 aromatic carbocycles. The molecular formula is C26H29F3N4O5S2. The van der Waals surface area contributed by atoms with E-state index < -0.39 is 22.2 Å². The Kier molecular flexibility index (Phi) is 10.5. The van der Waals surface area contributed by atoms with Crippen LogP contribution < -0.4 is 14.9 Å². The van der Waals surface area contributed by atoms with Crippen LogP contribution in [0.2, 0.25) is 0 Å². The molecule has 0 unspecified atom stereocenters. The van der Waals surface area contributed by atoms with Gasteiger partial charge in [-0.25, -0.2) is 13.2 Å². The Balaban J connectivity index is 0.000000559. The third-order valence-electron chi connectivity index (χ3n) is 5.82. The van der Waals surface area contributed by atoms with Gasteiger partial charge in [0.2, 0.25) is 0 Å². The number of rotatable bonds is 8. The lowest BCUT2D eigenvalue weighted by Crippen LogP contribution is -2.44. The van der Waals surface area contributed by atoms with Gasteiger partial charge in [-0.05, 0) is 42.1 Å². The van der Waals surface area contributed by atoms with Crippen LogP contribution in [0.3, 0.4) is 0 Å². The number of piperazine rings is 1. The maximum Gasteiger partial charge on any atom is 0.490 e. The monoisotopic (exact) mass is 598 g/mol. The quantitative estimate of drug-likeness (QED) is 0.355. The largest absolute Gasteiger partial charge is 0.490 e. The average molecular weight is 599 g/mol. The fourth-order valence-corrected chi connectivity index (χ4v) is 5.92. The van der Waals surface area contributed by atoms with E-state index in [4.69, 9.17) is 9.90 Å². The number of anilines is 2. The van der Waals surface area contributed by atoms with Crippen LogP contribution in [0.1, 0.15) is 22.8 Å². The van der Waals surface area contributed by atoms with Crippen molar-refractivity contribution in [3.8, 4) is 0 Å². The summed E-state index contributed by atoms with van der Waals surface area (Å²) in [4.78, 5) is 26.6. The van der Waals surface area contributed by atoms with E-state index in [1.165, 1.54) is 0 Å². The van der Waals surface area contributed by atoms with E-state index in [0.717, 1.165) is 48.8 Å². The molecule has 40 heavy (non-hydrogen) atoms. The Morgan fingerprint density at radius 3 is 2.27 bits per heavy atom. The number of carbonyl (C=O) groups is 2. The highest BCUT2D eigenvalue weighted by atomic mass is 32.2. The molecule has 1 fully saturated rings. The summed E-state index contributed by atoms with van der Waals surface area (Å²) in [5, 5.41) is 12.2. The fraction of sp³-hybridized carbons (Fsp3) is 0.308.